The number of hydrogen-bond donors (Lipinski definition) is 0. The van der Waals surface area contributed by atoms with Crippen LogP contribution < -0.4 is 0 Å². The highest BCUT2D eigenvalue weighted by Crippen LogP contribution is 2.65. The van der Waals surface area contributed by atoms with Gasteiger partial charge < -0.3 is 0 Å². The first-order chi connectivity index (χ1) is 56.5. The summed E-state index contributed by atoms with van der Waals surface area (Å²) in [5.41, 5.74) is 30.9. The van der Waals surface area contributed by atoms with Gasteiger partial charge in [0, 0.05) is 33.4 Å². The van der Waals surface area contributed by atoms with Gasteiger partial charge in [-0.3, -0.25) is 0 Å². The molecule has 18 aromatic carbocycles. The van der Waals surface area contributed by atoms with Crippen LogP contribution >= 0.6 is 0 Å². The summed E-state index contributed by atoms with van der Waals surface area (Å²) in [6.07, 6.45) is 0. The summed E-state index contributed by atoms with van der Waals surface area (Å²) in [6.45, 7) is 0. The molecule has 4 aliphatic carbocycles. The van der Waals surface area contributed by atoms with Crippen LogP contribution in [-0.4, -0.2) is 29.9 Å². The Morgan fingerprint density at radius 2 is 0.368 bits per heavy atom. The minimum atomic E-state index is -0.379. The Bertz CT molecular complexity index is 7050. The zero-order valence-corrected chi connectivity index (χ0v) is 61.8. The zero-order valence-electron chi connectivity index (χ0n) is 61.8. The fourth-order valence-corrected chi connectivity index (χ4v) is 19.2. The average molecular weight is 1450 g/mol. The lowest BCUT2D eigenvalue weighted by Crippen LogP contribution is -2.25. The number of hydrogen-bond acceptors (Lipinski definition) is 6. The molecular weight excluding hydrogens is 1380 g/mol. The molecule has 6 nitrogen and oxygen atoms in total. The largest absolute Gasteiger partial charge is 0.208 e. The van der Waals surface area contributed by atoms with Crippen LogP contribution in [0.5, 0.6) is 0 Å². The Balaban J connectivity index is 0.000000135. The number of nitrogens with zero attached hydrogens (tertiary/aromatic N) is 6. The Hall–Kier alpha value is -15.0. The van der Waals surface area contributed by atoms with Crippen LogP contribution in [0.2, 0.25) is 0 Å². The molecule has 0 N–H and O–H groups in total. The second kappa shape index (κ2) is 25.8. The Morgan fingerprint density at radius 3 is 0.728 bits per heavy atom. The number of aromatic nitrogens is 6. The molecule has 0 unspecified atom stereocenters. The minimum absolute atomic E-state index is 0.377. The van der Waals surface area contributed by atoms with E-state index in [1.165, 1.54) is 111 Å². The van der Waals surface area contributed by atoms with Gasteiger partial charge in [0.15, 0.2) is 34.9 Å². The summed E-state index contributed by atoms with van der Waals surface area (Å²) < 4.78 is 0. The monoisotopic (exact) mass is 1450 g/mol. The standard InChI is InChI=1S/2C54H33N3/c1-3-17-39-35(13-1)15-11-22-45(39)52-55-51(56-53(57-52)46-23-12-16-36-14-2-4-18-40(36)46)37-29-27-34(28-30-37)38-31-32-44-43-21-7-10-26-49(43)54(50(44)33-38)47-24-8-5-19-41(47)42-20-6-9-25-48(42)54;1-3-13-38-31-41(27-23-34(38)11-1)52-55-51(56-53(57-52)42-28-24-35-12-2-4-14-39(35)32-42)37-25-21-36(22-26-37)40-29-30-46-45-17-7-10-20-49(45)54(50(46)33-40)47-18-8-5-15-43(47)44-16-6-9-19-48(44)54/h2*1-33H. The molecule has 0 radical (unpaired) electrons. The second-order valence-corrected chi connectivity index (χ2v) is 30.2. The average Bonchev–Trinajstić information content (AvgIpc) is 1.51. The van der Waals surface area contributed by atoms with Gasteiger partial charge in [-0.1, -0.05) is 376 Å². The van der Waals surface area contributed by atoms with E-state index in [4.69, 9.17) is 29.9 Å². The SMILES string of the molecule is c1ccc2c(c1)-c1ccccc1C21c2ccccc2-c2ccc(-c3ccc(-c4nc(-c5ccc6ccccc6c5)nc(-c5ccc6ccccc6c5)n4)cc3)cc21.c1ccc2c(c1)-c1ccccc1C21c2ccccc2-c2ccc(-c3ccc(-c4nc(-c5cccc6ccccc56)nc(-c5cccc6ccccc56)n4)cc3)cc21. The molecule has 0 saturated heterocycles. The van der Waals surface area contributed by atoms with Crippen LogP contribution in [0.25, 0.3) is 178 Å². The van der Waals surface area contributed by atoms with E-state index in [1.807, 2.05) is 0 Å². The lowest BCUT2D eigenvalue weighted by Gasteiger charge is -2.30. The van der Waals surface area contributed by atoms with Gasteiger partial charge in [-0.15, -0.1) is 0 Å². The van der Waals surface area contributed by atoms with Crippen LogP contribution in [0, 0.1) is 0 Å². The molecule has 0 aliphatic heterocycles. The second-order valence-electron chi connectivity index (χ2n) is 30.2. The lowest BCUT2D eigenvalue weighted by molar-refractivity contribution is 0.794. The van der Waals surface area contributed by atoms with E-state index in [2.05, 4.69) is 400 Å². The van der Waals surface area contributed by atoms with Gasteiger partial charge in [0.25, 0.3) is 0 Å². The van der Waals surface area contributed by atoms with E-state index in [9.17, 15) is 0 Å². The van der Waals surface area contributed by atoms with Crippen molar-refractivity contribution in [3.63, 3.8) is 0 Å². The van der Waals surface area contributed by atoms with Gasteiger partial charge in [-0.25, -0.2) is 29.9 Å². The first-order valence-corrected chi connectivity index (χ1v) is 39.0. The Labute approximate surface area is 659 Å². The molecule has 4 aliphatic rings. The fraction of sp³-hybridized carbons (Fsp3) is 0.0185. The highest BCUT2D eigenvalue weighted by Gasteiger charge is 2.53. The molecule has 528 valence electrons. The highest BCUT2D eigenvalue weighted by molar-refractivity contribution is 6.01. The predicted molar refractivity (Wildman–Crippen MR) is 466 cm³/mol. The van der Waals surface area contributed by atoms with Crippen molar-refractivity contribution in [3.05, 3.63) is 445 Å². The van der Waals surface area contributed by atoms with Crippen LogP contribution in [0.3, 0.4) is 0 Å². The highest BCUT2D eigenvalue weighted by atomic mass is 15.0. The van der Waals surface area contributed by atoms with Gasteiger partial charge in [0.1, 0.15) is 0 Å². The normalized spacial score (nSPS) is 13.1. The molecule has 0 atom stereocenters. The maximum Gasteiger partial charge on any atom is 0.164 e. The maximum atomic E-state index is 5.17. The lowest BCUT2D eigenvalue weighted by atomic mass is 9.70. The molecule has 0 bridgehead atoms. The predicted octanol–water partition coefficient (Wildman–Crippen LogP) is 26.4. The molecule has 20 aromatic rings. The van der Waals surface area contributed by atoms with Crippen molar-refractivity contribution in [3.8, 4) is 135 Å². The van der Waals surface area contributed by atoms with Crippen molar-refractivity contribution < 1.29 is 0 Å². The minimum Gasteiger partial charge on any atom is -0.208 e. The van der Waals surface area contributed by atoms with Crippen molar-refractivity contribution in [1.29, 1.82) is 0 Å². The van der Waals surface area contributed by atoms with E-state index in [0.717, 1.165) is 76.8 Å². The molecule has 0 amide bonds. The van der Waals surface area contributed by atoms with E-state index in [-0.39, 0.29) is 10.8 Å². The third-order valence-electron chi connectivity index (χ3n) is 24.3. The van der Waals surface area contributed by atoms with E-state index in [0.29, 0.717) is 34.9 Å². The van der Waals surface area contributed by atoms with Crippen molar-refractivity contribution in [2.75, 3.05) is 0 Å². The first-order valence-electron chi connectivity index (χ1n) is 39.0. The summed E-state index contributed by atoms with van der Waals surface area (Å²) in [7, 11) is 0. The zero-order chi connectivity index (χ0) is 75.0. The van der Waals surface area contributed by atoms with Crippen LogP contribution in [0.4, 0.5) is 0 Å². The van der Waals surface area contributed by atoms with Crippen LogP contribution in [-0.2, 0) is 10.8 Å². The van der Waals surface area contributed by atoms with Crippen molar-refractivity contribution in [2.45, 2.75) is 10.8 Å². The maximum absolute atomic E-state index is 5.17. The molecule has 2 spiro atoms. The Kier molecular flexibility index (Phi) is 14.7. The smallest absolute Gasteiger partial charge is 0.164 e. The molecule has 24 rings (SSSR count). The third-order valence-corrected chi connectivity index (χ3v) is 24.3. The van der Waals surface area contributed by atoms with Crippen molar-refractivity contribution in [2.24, 2.45) is 0 Å². The van der Waals surface area contributed by atoms with Crippen molar-refractivity contribution in [1.82, 2.24) is 29.9 Å². The molecule has 0 fully saturated rings. The van der Waals surface area contributed by atoms with Gasteiger partial charge in [-0.2, -0.15) is 0 Å². The van der Waals surface area contributed by atoms with E-state index in [1.54, 1.807) is 0 Å². The number of rotatable bonds is 8. The fourth-order valence-electron chi connectivity index (χ4n) is 19.2. The topological polar surface area (TPSA) is 77.3 Å². The molecular formula is C108H66N6. The quantitative estimate of drug-likeness (QED) is 0.151. The summed E-state index contributed by atoms with van der Waals surface area (Å²) in [5, 5.41) is 9.19. The Morgan fingerprint density at radius 1 is 0.132 bits per heavy atom. The van der Waals surface area contributed by atoms with Crippen LogP contribution in [0.15, 0.2) is 400 Å². The third kappa shape index (κ3) is 10.0. The van der Waals surface area contributed by atoms with E-state index >= 15 is 0 Å². The molecule has 2 aromatic heterocycles. The van der Waals surface area contributed by atoms with Crippen molar-refractivity contribution >= 4 is 43.1 Å². The van der Waals surface area contributed by atoms with Gasteiger partial charge in [0.2, 0.25) is 0 Å². The molecule has 2 heterocycles. The van der Waals surface area contributed by atoms with Gasteiger partial charge in [0.05, 0.1) is 10.8 Å². The summed E-state index contributed by atoms with van der Waals surface area (Å²) in [4.78, 5) is 30.8. The summed E-state index contributed by atoms with van der Waals surface area (Å²) in [5.74, 6) is 3.90. The van der Waals surface area contributed by atoms with Gasteiger partial charge >= 0.3 is 0 Å². The van der Waals surface area contributed by atoms with Crippen LogP contribution in [0.1, 0.15) is 44.5 Å². The summed E-state index contributed by atoms with van der Waals surface area (Å²) >= 11 is 0. The molecule has 0 saturated carbocycles. The number of benzene rings is 18. The molecule has 114 heavy (non-hydrogen) atoms. The first kappa shape index (κ1) is 65.0. The number of fused-ring (bicyclic) bond motifs is 24. The van der Waals surface area contributed by atoms with E-state index < -0.39 is 0 Å². The molecule has 6 heteroatoms. The summed E-state index contributed by atoms with van der Waals surface area (Å²) in [6, 6.07) is 144. The van der Waals surface area contributed by atoms with Gasteiger partial charge in [-0.05, 0) is 179 Å².